The highest BCUT2D eigenvalue weighted by molar-refractivity contribution is 5.56. The molecule has 1 aromatic rings. The van der Waals surface area contributed by atoms with Crippen LogP contribution in [0.5, 0.6) is 0 Å². The van der Waals surface area contributed by atoms with Crippen LogP contribution in [0.3, 0.4) is 0 Å². The summed E-state index contributed by atoms with van der Waals surface area (Å²) in [5, 5.41) is 0. The molecule has 1 heterocycles. The van der Waals surface area contributed by atoms with Crippen LogP contribution in [0.2, 0.25) is 0 Å². The number of anilines is 1. The molecule has 0 aliphatic carbocycles. The van der Waals surface area contributed by atoms with Gasteiger partial charge in [0.2, 0.25) is 0 Å². The van der Waals surface area contributed by atoms with Crippen molar-refractivity contribution in [2.75, 3.05) is 11.4 Å². The van der Waals surface area contributed by atoms with Crippen molar-refractivity contribution < 1.29 is 4.39 Å². The van der Waals surface area contributed by atoms with Crippen molar-refractivity contribution in [1.29, 1.82) is 0 Å². The highest BCUT2D eigenvalue weighted by Crippen LogP contribution is 2.32. The topological polar surface area (TPSA) is 29.3 Å². The molecule has 1 aliphatic heterocycles. The number of hydrogen-bond donors (Lipinski definition) is 1. The van der Waals surface area contributed by atoms with Crippen LogP contribution in [0.4, 0.5) is 10.1 Å². The van der Waals surface area contributed by atoms with E-state index < -0.39 is 0 Å². The molecular formula is C13H19FN2. The molecule has 1 unspecified atom stereocenters. The molecule has 3 heteroatoms. The maximum absolute atomic E-state index is 13.8. The number of benzene rings is 1. The van der Waals surface area contributed by atoms with E-state index in [1.165, 1.54) is 18.9 Å². The van der Waals surface area contributed by atoms with Crippen LogP contribution in [-0.2, 0) is 0 Å². The second-order valence-corrected chi connectivity index (χ2v) is 4.65. The van der Waals surface area contributed by atoms with E-state index in [0.29, 0.717) is 11.6 Å². The fourth-order valence-corrected chi connectivity index (χ4v) is 2.52. The zero-order valence-corrected chi connectivity index (χ0v) is 9.91. The summed E-state index contributed by atoms with van der Waals surface area (Å²) in [4.78, 5) is 2.27. The minimum Gasteiger partial charge on any atom is -0.368 e. The average molecular weight is 222 g/mol. The first-order valence-electron chi connectivity index (χ1n) is 5.92. The largest absolute Gasteiger partial charge is 0.368 e. The van der Waals surface area contributed by atoms with Gasteiger partial charge in [0.15, 0.2) is 0 Å². The van der Waals surface area contributed by atoms with Crippen molar-refractivity contribution in [3.8, 4) is 0 Å². The minimum absolute atomic E-state index is 0.188. The normalized spacial score (nSPS) is 22.5. The lowest BCUT2D eigenvalue weighted by Gasteiger charge is -2.27. The lowest BCUT2D eigenvalue weighted by atomic mass is 10.0. The Morgan fingerprint density at radius 3 is 2.81 bits per heavy atom. The molecule has 1 fully saturated rings. The van der Waals surface area contributed by atoms with Gasteiger partial charge in [0, 0.05) is 29.9 Å². The average Bonchev–Trinajstić information content (AvgIpc) is 2.63. The van der Waals surface area contributed by atoms with Gasteiger partial charge >= 0.3 is 0 Å². The van der Waals surface area contributed by atoms with E-state index in [9.17, 15) is 4.39 Å². The van der Waals surface area contributed by atoms with Gasteiger partial charge in [0.05, 0.1) is 0 Å². The van der Waals surface area contributed by atoms with Gasteiger partial charge in [-0.3, -0.25) is 0 Å². The number of rotatable bonds is 2. The lowest BCUT2D eigenvalue weighted by molar-refractivity contribution is 0.590. The summed E-state index contributed by atoms with van der Waals surface area (Å²) in [5.74, 6) is -0.188. The molecule has 2 rings (SSSR count). The van der Waals surface area contributed by atoms with Crippen molar-refractivity contribution in [1.82, 2.24) is 0 Å². The lowest BCUT2D eigenvalue weighted by Crippen LogP contribution is -2.28. The first kappa shape index (κ1) is 11.4. The van der Waals surface area contributed by atoms with Crippen molar-refractivity contribution in [2.24, 2.45) is 5.73 Å². The molecule has 2 atom stereocenters. The maximum atomic E-state index is 13.8. The quantitative estimate of drug-likeness (QED) is 0.833. The van der Waals surface area contributed by atoms with Crippen molar-refractivity contribution in [2.45, 2.75) is 38.8 Å². The second-order valence-electron chi connectivity index (χ2n) is 4.65. The summed E-state index contributed by atoms with van der Waals surface area (Å²) in [7, 11) is 0. The molecule has 0 saturated carbocycles. The molecule has 0 spiro atoms. The van der Waals surface area contributed by atoms with E-state index in [4.69, 9.17) is 5.73 Å². The summed E-state index contributed by atoms with van der Waals surface area (Å²) in [6, 6.07) is 5.46. The van der Waals surface area contributed by atoms with Crippen LogP contribution in [0.25, 0.3) is 0 Å². The van der Waals surface area contributed by atoms with Gasteiger partial charge in [0.25, 0.3) is 0 Å². The van der Waals surface area contributed by atoms with Crippen molar-refractivity contribution in [3.63, 3.8) is 0 Å². The molecule has 1 saturated heterocycles. The van der Waals surface area contributed by atoms with Crippen LogP contribution in [0.15, 0.2) is 18.2 Å². The Morgan fingerprint density at radius 2 is 2.25 bits per heavy atom. The molecule has 16 heavy (non-hydrogen) atoms. The molecule has 0 aromatic heterocycles. The standard InChI is InChI=1S/C13H19FN2/c1-9-5-4-8-16(9)12-7-3-6-11(14)13(12)10(2)15/h3,6-7,9-10H,4-5,8,15H2,1-2H3/t9?,10-/m0/s1. The van der Waals surface area contributed by atoms with Crippen LogP contribution in [0, 0.1) is 5.82 Å². The van der Waals surface area contributed by atoms with Gasteiger partial charge in [0.1, 0.15) is 5.82 Å². The minimum atomic E-state index is -0.260. The SMILES string of the molecule is CC1CCCN1c1cccc(F)c1[C@H](C)N. The van der Waals surface area contributed by atoms with Gasteiger partial charge in [-0.1, -0.05) is 6.07 Å². The third-order valence-electron chi connectivity index (χ3n) is 3.35. The van der Waals surface area contributed by atoms with Crippen LogP contribution < -0.4 is 10.6 Å². The summed E-state index contributed by atoms with van der Waals surface area (Å²) >= 11 is 0. The Bertz CT molecular complexity index is 376. The van der Waals surface area contributed by atoms with Crippen LogP contribution in [-0.4, -0.2) is 12.6 Å². The van der Waals surface area contributed by atoms with Gasteiger partial charge in [-0.2, -0.15) is 0 Å². The first-order chi connectivity index (χ1) is 7.61. The predicted octanol–water partition coefficient (Wildman–Crippen LogP) is 2.83. The zero-order chi connectivity index (χ0) is 11.7. The van der Waals surface area contributed by atoms with E-state index in [-0.39, 0.29) is 11.9 Å². The van der Waals surface area contributed by atoms with Crippen molar-refractivity contribution in [3.05, 3.63) is 29.6 Å². The maximum Gasteiger partial charge on any atom is 0.130 e. The van der Waals surface area contributed by atoms with Crippen LogP contribution in [0.1, 0.15) is 38.3 Å². The van der Waals surface area contributed by atoms with Gasteiger partial charge in [-0.05, 0) is 38.8 Å². The van der Waals surface area contributed by atoms with Crippen molar-refractivity contribution >= 4 is 5.69 Å². The number of hydrogen-bond acceptors (Lipinski definition) is 2. The van der Waals surface area contributed by atoms with Gasteiger partial charge < -0.3 is 10.6 Å². The molecule has 88 valence electrons. The van der Waals surface area contributed by atoms with E-state index in [0.717, 1.165) is 12.2 Å². The third-order valence-corrected chi connectivity index (χ3v) is 3.35. The van der Waals surface area contributed by atoms with Gasteiger partial charge in [-0.15, -0.1) is 0 Å². The van der Waals surface area contributed by atoms with E-state index in [1.54, 1.807) is 6.07 Å². The second kappa shape index (κ2) is 4.42. The Hall–Kier alpha value is -1.09. The number of halogens is 1. The fraction of sp³-hybridized carbons (Fsp3) is 0.538. The van der Waals surface area contributed by atoms with E-state index >= 15 is 0 Å². The highest BCUT2D eigenvalue weighted by Gasteiger charge is 2.24. The third kappa shape index (κ3) is 1.92. The molecule has 1 aromatic carbocycles. The monoisotopic (exact) mass is 222 g/mol. The van der Waals surface area contributed by atoms with E-state index in [2.05, 4.69) is 11.8 Å². The zero-order valence-electron chi connectivity index (χ0n) is 9.91. The predicted molar refractivity (Wildman–Crippen MR) is 65.0 cm³/mol. The molecule has 2 N–H and O–H groups in total. The Balaban J connectivity index is 2.43. The summed E-state index contributed by atoms with van der Waals surface area (Å²) in [6.45, 7) is 5.02. The molecule has 0 bridgehead atoms. The number of nitrogens with two attached hydrogens (primary N) is 1. The Labute approximate surface area is 96.2 Å². The Kier molecular flexibility index (Phi) is 3.15. The molecular weight excluding hydrogens is 203 g/mol. The summed E-state index contributed by atoms with van der Waals surface area (Å²) in [6.07, 6.45) is 2.35. The molecule has 0 amide bonds. The molecule has 2 nitrogen and oxygen atoms in total. The van der Waals surface area contributed by atoms with Crippen LogP contribution >= 0.6 is 0 Å². The van der Waals surface area contributed by atoms with Gasteiger partial charge in [-0.25, -0.2) is 4.39 Å². The Morgan fingerprint density at radius 1 is 1.50 bits per heavy atom. The smallest absolute Gasteiger partial charge is 0.130 e. The molecule has 0 radical (unpaired) electrons. The molecule has 1 aliphatic rings. The highest BCUT2D eigenvalue weighted by atomic mass is 19.1. The summed E-state index contributed by atoms with van der Waals surface area (Å²) in [5.41, 5.74) is 7.48. The summed E-state index contributed by atoms with van der Waals surface area (Å²) < 4.78 is 13.8. The van der Waals surface area contributed by atoms with E-state index in [1.807, 2.05) is 13.0 Å². The number of nitrogens with zero attached hydrogens (tertiary/aromatic N) is 1. The fourth-order valence-electron chi connectivity index (χ4n) is 2.52. The first-order valence-corrected chi connectivity index (χ1v) is 5.92.